The summed E-state index contributed by atoms with van der Waals surface area (Å²) in [5.41, 5.74) is 9.93. The van der Waals surface area contributed by atoms with Crippen molar-refractivity contribution >= 4 is 57.4 Å². The lowest BCUT2D eigenvalue weighted by molar-refractivity contribution is -0.137. The van der Waals surface area contributed by atoms with Crippen molar-refractivity contribution in [2.45, 2.75) is 47.4 Å². The van der Waals surface area contributed by atoms with Gasteiger partial charge in [0.05, 0.1) is 22.2 Å². The van der Waals surface area contributed by atoms with Crippen molar-refractivity contribution in [1.29, 1.82) is 5.53 Å². The molecule has 1 amide bonds. The van der Waals surface area contributed by atoms with Gasteiger partial charge in [0.2, 0.25) is 0 Å². The van der Waals surface area contributed by atoms with Crippen LogP contribution in [0.1, 0.15) is 50.3 Å². The summed E-state index contributed by atoms with van der Waals surface area (Å²) in [5, 5.41) is 9.18. The van der Waals surface area contributed by atoms with Crippen LogP contribution in [0, 0.1) is 19.4 Å². The number of nitrogens with two attached hydrogens (primary N) is 1. The van der Waals surface area contributed by atoms with Crippen LogP contribution >= 0.6 is 45.7 Å². The molecule has 4 N–H and O–H groups in total. The Hall–Kier alpha value is -2.45. The lowest BCUT2D eigenvalue weighted by Gasteiger charge is -2.28. The van der Waals surface area contributed by atoms with Crippen LogP contribution in [0.25, 0.3) is 11.1 Å². The SMILES string of the molecule is Cc1cc(SC(c2ccc(C(=O)NC/C(N=N)=N/N)s2)C(C)(C)I)cc(C)c1-c1ccc(C(F)(F)F)cc1. The average Bonchev–Trinajstić information content (AvgIpc) is 3.31. The number of alkyl halides is 4. The monoisotopic (exact) mass is 673 g/mol. The van der Waals surface area contributed by atoms with Gasteiger partial charge in [0.1, 0.15) is 0 Å². The van der Waals surface area contributed by atoms with Crippen LogP contribution in [-0.2, 0) is 6.18 Å². The molecule has 12 heteroatoms. The molecule has 38 heavy (non-hydrogen) atoms. The van der Waals surface area contributed by atoms with E-state index < -0.39 is 11.7 Å². The number of hydrogen-bond acceptors (Lipinski definition) is 6. The summed E-state index contributed by atoms with van der Waals surface area (Å²) in [6.07, 6.45) is -4.37. The highest BCUT2D eigenvalue weighted by atomic mass is 127. The minimum atomic E-state index is -4.37. The number of carbonyl (C=O) groups excluding carboxylic acids is 1. The largest absolute Gasteiger partial charge is 0.416 e. The number of thioether (sulfide) groups is 1. The standard InChI is InChI=1S/C26H27F3IN5OS2/c1-14-11-18(12-15(2)22(14)16-5-7-17(8-6-16)26(27,28)29)37-23(25(3,4)30)19-9-10-20(38-19)24(36)33-13-21(34-31)35-32/h5-12,23,31H,13,32H2,1-4H3,(H,33,36)/b34-31?,35-21-. The van der Waals surface area contributed by atoms with Crippen molar-refractivity contribution in [3.63, 3.8) is 0 Å². The number of thiophene rings is 1. The quantitative estimate of drug-likeness (QED) is 0.0329. The van der Waals surface area contributed by atoms with E-state index in [0.29, 0.717) is 4.88 Å². The second-order valence-corrected chi connectivity index (χ2v) is 14.2. The summed E-state index contributed by atoms with van der Waals surface area (Å²) in [6.45, 7) is 8.14. The molecule has 1 unspecified atom stereocenters. The highest BCUT2D eigenvalue weighted by molar-refractivity contribution is 14.1. The van der Waals surface area contributed by atoms with E-state index >= 15 is 0 Å². The highest BCUT2D eigenvalue weighted by Crippen LogP contribution is 2.50. The molecule has 0 radical (unpaired) electrons. The number of hydrazone groups is 1. The summed E-state index contributed by atoms with van der Waals surface area (Å²) < 4.78 is 38.8. The van der Waals surface area contributed by atoms with Gasteiger partial charge in [-0.05, 0) is 86.3 Å². The molecule has 0 saturated carbocycles. The van der Waals surface area contributed by atoms with E-state index in [1.54, 1.807) is 17.8 Å². The van der Waals surface area contributed by atoms with Gasteiger partial charge in [-0.15, -0.1) is 28.2 Å². The minimum absolute atomic E-state index is 0.0161. The highest BCUT2D eigenvalue weighted by Gasteiger charge is 2.32. The first-order valence-electron chi connectivity index (χ1n) is 11.4. The second-order valence-electron chi connectivity index (χ2n) is 9.11. The third-order valence-corrected chi connectivity index (χ3v) is 9.61. The van der Waals surface area contributed by atoms with Gasteiger partial charge >= 0.3 is 6.18 Å². The summed E-state index contributed by atoms with van der Waals surface area (Å²) in [6, 6.07) is 13.1. The van der Waals surface area contributed by atoms with E-state index in [1.165, 1.54) is 23.5 Å². The fourth-order valence-corrected chi connectivity index (χ4v) is 7.47. The molecule has 1 atom stereocenters. The van der Waals surface area contributed by atoms with Gasteiger partial charge in [-0.1, -0.05) is 34.7 Å². The third-order valence-electron chi connectivity index (χ3n) is 5.68. The van der Waals surface area contributed by atoms with Crippen LogP contribution in [0.4, 0.5) is 13.2 Å². The number of amidine groups is 1. The molecule has 0 aliphatic heterocycles. The van der Waals surface area contributed by atoms with E-state index in [9.17, 15) is 18.0 Å². The predicted molar refractivity (Wildman–Crippen MR) is 156 cm³/mol. The molecule has 0 aliphatic rings. The Balaban J connectivity index is 1.85. The van der Waals surface area contributed by atoms with E-state index in [-0.39, 0.29) is 27.0 Å². The van der Waals surface area contributed by atoms with Crippen LogP contribution in [0.3, 0.4) is 0 Å². The molecule has 6 nitrogen and oxygen atoms in total. The fraction of sp³-hybridized carbons (Fsp3) is 0.308. The Morgan fingerprint density at radius 2 is 1.74 bits per heavy atom. The van der Waals surface area contributed by atoms with E-state index in [2.05, 4.69) is 64.1 Å². The Kier molecular flexibility index (Phi) is 9.63. The second kappa shape index (κ2) is 12.2. The molecule has 0 fully saturated rings. The van der Waals surface area contributed by atoms with Gasteiger partial charge in [-0.25, -0.2) is 5.53 Å². The van der Waals surface area contributed by atoms with Crippen LogP contribution < -0.4 is 11.2 Å². The van der Waals surface area contributed by atoms with Crippen molar-refractivity contribution in [2.75, 3.05) is 6.54 Å². The van der Waals surface area contributed by atoms with E-state index in [4.69, 9.17) is 11.4 Å². The van der Waals surface area contributed by atoms with Gasteiger partial charge in [0.15, 0.2) is 5.84 Å². The first-order chi connectivity index (χ1) is 17.7. The molecule has 202 valence electrons. The first-order valence-corrected chi connectivity index (χ1v) is 14.2. The molecule has 0 saturated heterocycles. The number of rotatable bonds is 8. The average molecular weight is 674 g/mol. The normalized spacial score (nSPS) is 13.3. The number of nitrogens with zero attached hydrogens (tertiary/aromatic N) is 2. The van der Waals surface area contributed by atoms with Crippen molar-refractivity contribution in [1.82, 2.24) is 5.32 Å². The summed E-state index contributed by atoms with van der Waals surface area (Å²) in [7, 11) is 0. The summed E-state index contributed by atoms with van der Waals surface area (Å²) >= 11 is 5.48. The molecule has 2 aromatic carbocycles. The van der Waals surface area contributed by atoms with Crippen molar-refractivity contribution in [3.8, 4) is 11.1 Å². The van der Waals surface area contributed by atoms with Gasteiger partial charge in [0.25, 0.3) is 5.91 Å². The number of amides is 1. The van der Waals surface area contributed by atoms with Crippen LogP contribution in [0.2, 0.25) is 0 Å². The lowest BCUT2D eigenvalue weighted by atomic mass is 9.95. The molecule has 3 aromatic rings. The Bertz CT molecular complexity index is 1330. The van der Waals surface area contributed by atoms with Gasteiger partial charge in [-0.3, -0.25) is 4.79 Å². The molecular formula is C26H27F3IN5OS2. The summed E-state index contributed by atoms with van der Waals surface area (Å²) in [4.78, 5) is 15.2. The van der Waals surface area contributed by atoms with Crippen molar-refractivity contribution < 1.29 is 18.0 Å². The number of nitrogens with one attached hydrogen (secondary N) is 2. The maximum atomic E-state index is 13.0. The topological polar surface area (TPSA) is 104 Å². The molecule has 0 bridgehead atoms. The van der Waals surface area contributed by atoms with Crippen LogP contribution in [0.5, 0.6) is 0 Å². The Labute approximate surface area is 241 Å². The molecule has 1 heterocycles. The van der Waals surface area contributed by atoms with Crippen LogP contribution in [-0.4, -0.2) is 21.7 Å². The molecule has 0 spiro atoms. The first kappa shape index (κ1) is 30.1. The smallest absolute Gasteiger partial charge is 0.344 e. The maximum absolute atomic E-state index is 13.0. The van der Waals surface area contributed by atoms with E-state index in [0.717, 1.165) is 44.2 Å². The van der Waals surface area contributed by atoms with Gasteiger partial charge in [-0.2, -0.15) is 18.3 Å². The minimum Gasteiger partial charge on any atom is -0.344 e. The fourth-order valence-electron chi connectivity index (χ4n) is 3.92. The zero-order valence-corrected chi connectivity index (χ0v) is 24.9. The third kappa shape index (κ3) is 7.35. The molecular weight excluding hydrogens is 646 g/mol. The van der Waals surface area contributed by atoms with Gasteiger partial charge < -0.3 is 11.2 Å². The number of halogens is 4. The zero-order chi connectivity index (χ0) is 28.3. The molecule has 0 aliphatic carbocycles. The Morgan fingerprint density at radius 1 is 1.13 bits per heavy atom. The van der Waals surface area contributed by atoms with Crippen molar-refractivity contribution in [2.24, 2.45) is 16.1 Å². The predicted octanol–water partition coefficient (Wildman–Crippen LogP) is 8.13. The summed E-state index contributed by atoms with van der Waals surface area (Å²) in [5.74, 6) is 4.86. The molecule has 1 aromatic heterocycles. The number of carbonyl (C=O) groups is 1. The lowest BCUT2D eigenvalue weighted by Crippen LogP contribution is -2.28. The zero-order valence-electron chi connectivity index (χ0n) is 21.1. The number of benzene rings is 2. The Morgan fingerprint density at radius 3 is 2.24 bits per heavy atom. The number of aryl methyl sites for hydroxylation is 2. The number of hydrogen-bond donors (Lipinski definition) is 3. The van der Waals surface area contributed by atoms with E-state index in [1.807, 2.05) is 19.9 Å². The van der Waals surface area contributed by atoms with Crippen molar-refractivity contribution in [3.05, 3.63) is 75.0 Å². The molecule has 3 rings (SSSR count). The van der Waals surface area contributed by atoms with Crippen LogP contribution in [0.15, 0.2) is 63.6 Å². The van der Waals surface area contributed by atoms with Gasteiger partial charge in [0, 0.05) is 13.2 Å². The maximum Gasteiger partial charge on any atom is 0.416 e.